The maximum atomic E-state index is 4.19. The molecule has 1 aromatic rings. The molecule has 2 rings (SSSR count). The quantitative estimate of drug-likeness (QED) is 0.823. The largest absolute Gasteiger partial charge is 0.310 e. The number of nitrogens with one attached hydrogen (secondary N) is 1. The van der Waals surface area contributed by atoms with E-state index in [1.54, 1.807) is 12.5 Å². The van der Waals surface area contributed by atoms with Gasteiger partial charge in [0, 0.05) is 25.3 Å². The molecule has 0 saturated carbocycles. The van der Waals surface area contributed by atoms with Crippen LogP contribution in [0.1, 0.15) is 25.0 Å². The van der Waals surface area contributed by atoms with Crippen LogP contribution in [-0.4, -0.2) is 41.0 Å². The number of piperidine rings is 1. The molecule has 0 bridgehead atoms. The molecule has 0 amide bonds. The minimum atomic E-state index is 0.690. The number of rotatable bonds is 4. The summed E-state index contributed by atoms with van der Waals surface area (Å²) in [7, 11) is 2.22. The average Bonchev–Trinajstić information content (AvgIpc) is 2.33. The summed E-state index contributed by atoms with van der Waals surface area (Å²) in [6.45, 7) is 3.13. The SMILES string of the molecule is CN1CCCCC1CNCc1ccncn1. The Morgan fingerprint density at radius 1 is 1.50 bits per heavy atom. The molecule has 0 spiro atoms. The van der Waals surface area contributed by atoms with E-state index in [9.17, 15) is 0 Å². The molecule has 1 aliphatic rings. The Labute approximate surface area is 97.1 Å². The lowest BCUT2D eigenvalue weighted by Crippen LogP contribution is -2.42. The van der Waals surface area contributed by atoms with Crippen molar-refractivity contribution in [2.24, 2.45) is 0 Å². The van der Waals surface area contributed by atoms with E-state index in [1.807, 2.05) is 6.07 Å². The van der Waals surface area contributed by atoms with Crippen LogP contribution in [0.2, 0.25) is 0 Å². The number of hydrogen-bond acceptors (Lipinski definition) is 4. The van der Waals surface area contributed by atoms with E-state index in [0.717, 1.165) is 18.8 Å². The van der Waals surface area contributed by atoms with Crippen molar-refractivity contribution >= 4 is 0 Å². The molecule has 1 fully saturated rings. The van der Waals surface area contributed by atoms with E-state index < -0.39 is 0 Å². The van der Waals surface area contributed by atoms with Gasteiger partial charge in [0.1, 0.15) is 6.33 Å². The number of hydrogen-bond donors (Lipinski definition) is 1. The molecule has 1 N–H and O–H groups in total. The number of likely N-dealkylation sites (N-methyl/N-ethyl adjacent to an activating group) is 1. The van der Waals surface area contributed by atoms with Crippen LogP contribution in [0.4, 0.5) is 0 Å². The molecule has 2 heterocycles. The molecule has 0 radical (unpaired) electrons. The number of nitrogens with zero attached hydrogens (tertiary/aromatic N) is 3. The average molecular weight is 220 g/mol. The molecule has 1 unspecified atom stereocenters. The fraction of sp³-hybridized carbons (Fsp3) is 0.667. The van der Waals surface area contributed by atoms with E-state index in [4.69, 9.17) is 0 Å². The van der Waals surface area contributed by atoms with Crippen molar-refractivity contribution in [3.05, 3.63) is 24.3 Å². The van der Waals surface area contributed by atoms with E-state index in [1.165, 1.54) is 25.8 Å². The number of aromatic nitrogens is 2. The van der Waals surface area contributed by atoms with Crippen LogP contribution in [0, 0.1) is 0 Å². The zero-order valence-corrected chi connectivity index (χ0v) is 9.89. The highest BCUT2D eigenvalue weighted by atomic mass is 15.2. The molecule has 1 aliphatic heterocycles. The molecule has 4 nitrogen and oxygen atoms in total. The standard InChI is InChI=1S/C12H20N4/c1-16-7-3-2-4-12(16)9-14-8-11-5-6-13-10-15-11/h5-6,10,12,14H,2-4,7-9H2,1H3. The fourth-order valence-corrected chi connectivity index (χ4v) is 2.19. The summed E-state index contributed by atoms with van der Waals surface area (Å²) in [6.07, 6.45) is 7.41. The second-order valence-corrected chi connectivity index (χ2v) is 4.46. The third kappa shape index (κ3) is 3.25. The first-order chi connectivity index (χ1) is 7.86. The second-order valence-electron chi connectivity index (χ2n) is 4.46. The first-order valence-corrected chi connectivity index (χ1v) is 6.02. The van der Waals surface area contributed by atoms with Gasteiger partial charge in [-0.05, 0) is 32.5 Å². The molecular formula is C12H20N4. The van der Waals surface area contributed by atoms with Gasteiger partial charge in [-0.2, -0.15) is 0 Å². The minimum Gasteiger partial charge on any atom is -0.310 e. The Hall–Kier alpha value is -1.00. The summed E-state index contributed by atoms with van der Waals surface area (Å²) in [4.78, 5) is 10.6. The summed E-state index contributed by atoms with van der Waals surface area (Å²) < 4.78 is 0. The van der Waals surface area contributed by atoms with Crippen molar-refractivity contribution < 1.29 is 0 Å². The third-order valence-electron chi connectivity index (χ3n) is 3.25. The van der Waals surface area contributed by atoms with Gasteiger partial charge in [0.15, 0.2) is 0 Å². The van der Waals surface area contributed by atoms with Crippen molar-refractivity contribution in [2.75, 3.05) is 20.1 Å². The van der Waals surface area contributed by atoms with Crippen LogP contribution in [0.15, 0.2) is 18.6 Å². The number of likely N-dealkylation sites (tertiary alicyclic amines) is 1. The predicted molar refractivity (Wildman–Crippen MR) is 64.0 cm³/mol. The van der Waals surface area contributed by atoms with Crippen molar-refractivity contribution in [3.8, 4) is 0 Å². The van der Waals surface area contributed by atoms with Crippen LogP contribution >= 0.6 is 0 Å². The topological polar surface area (TPSA) is 41.0 Å². The van der Waals surface area contributed by atoms with Crippen LogP contribution in [-0.2, 0) is 6.54 Å². The monoisotopic (exact) mass is 220 g/mol. The molecule has 0 aliphatic carbocycles. The van der Waals surface area contributed by atoms with Gasteiger partial charge in [-0.3, -0.25) is 0 Å². The maximum absolute atomic E-state index is 4.19. The van der Waals surface area contributed by atoms with Gasteiger partial charge in [0.2, 0.25) is 0 Å². The molecular weight excluding hydrogens is 200 g/mol. The Morgan fingerprint density at radius 3 is 3.19 bits per heavy atom. The lowest BCUT2D eigenvalue weighted by Gasteiger charge is -2.32. The first-order valence-electron chi connectivity index (χ1n) is 6.02. The lowest BCUT2D eigenvalue weighted by atomic mass is 10.0. The zero-order chi connectivity index (χ0) is 11.2. The smallest absolute Gasteiger partial charge is 0.115 e. The molecule has 16 heavy (non-hydrogen) atoms. The first kappa shape index (κ1) is 11.5. The van der Waals surface area contributed by atoms with Crippen molar-refractivity contribution in [3.63, 3.8) is 0 Å². The summed E-state index contributed by atoms with van der Waals surface area (Å²) in [5.41, 5.74) is 1.06. The Morgan fingerprint density at radius 2 is 2.44 bits per heavy atom. The predicted octanol–water partition coefficient (Wildman–Crippen LogP) is 1.05. The zero-order valence-electron chi connectivity index (χ0n) is 9.89. The van der Waals surface area contributed by atoms with Crippen LogP contribution < -0.4 is 5.32 Å². The molecule has 0 aromatic carbocycles. The third-order valence-corrected chi connectivity index (χ3v) is 3.25. The van der Waals surface area contributed by atoms with E-state index in [2.05, 4.69) is 27.2 Å². The van der Waals surface area contributed by atoms with Crippen molar-refractivity contribution in [1.82, 2.24) is 20.2 Å². The molecule has 88 valence electrons. The minimum absolute atomic E-state index is 0.690. The van der Waals surface area contributed by atoms with Gasteiger partial charge in [-0.1, -0.05) is 6.42 Å². The van der Waals surface area contributed by atoms with Crippen LogP contribution in [0.3, 0.4) is 0 Å². The Bertz CT molecular complexity index is 301. The van der Waals surface area contributed by atoms with E-state index >= 15 is 0 Å². The Balaban J connectivity index is 1.71. The van der Waals surface area contributed by atoms with Gasteiger partial charge < -0.3 is 10.2 Å². The highest BCUT2D eigenvalue weighted by Gasteiger charge is 2.17. The molecule has 1 atom stereocenters. The van der Waals surface area contributed by atoms with E-state index in [-0.39, 0.29) is 0 Å². The molecule has 1 aromatic heterocycles. The molecule has 1 saturated heterocycles. The van der Waals surface area contributed by atoms with Crippen LogP contribution in [0.25, 0.3) is 0 Å². The maximum Gasteiger partial charge on any atom is 0.115 e. The van der Waals surface area contributed by atoms with Crippen molar-refractivity contribution in [1.29, 1.82) is 0 Å². The second kappa shape index (κ2) is 5.92. The fourth-order valence-electron chi connectivity index (χ4n) is 2.19. The highest BCUT2D eigenvalue weighted by Crippen LogP contribution is 2.13. The van der Waals surface area contributed by atoms with Gasteiger partial charge in [-0.15, -0.1) is 0 Å². The summed E-state index contributed by atoms with van der Waals surface area (Å²) in [5.74, 6) is 0. The van der Waals surface area contributed by atoms with Crippen molar-refractivity contribution in [2.45, 2.75) is 31.8 Å². The summed E-state index contributed by atoms with van der Waals surface area (Å²) in [5, 5.41) is 3.47. The Kier molecular flexibility index (Phi) is 4.25. The summed E-state index contributed by atoms with van der Waals surface area (Å²) in [6, 6.07) is 2.65. The molecule has 4 heteroatoms. The van der Waals surface area contributed by atoms with Gasteiger partial charge in [0.05, 0.1) is 5.69 Å². The van der Waals surface area contributed by atoms with Gasteiger partial charge >= 0.3 is 0 Å². The summed E-state index contributed by atoms with van der Waals surface area (Å²) >= 11 is 0. The van der Waals surface area contributed by atoms with E-state index in [0.29, 0.717) is 6.04 Å². The highest BCUT2D eigenvalue weighted by molar-refractivity contribution is 4.97. The van der Waals surface area contributed by atoms with Crippen LogP contribution in [0.5, 0.6) is 0 Å². The van der Waals surface area contributed by atoms with Gasteiger partial charge in [-0.25, -0.2) is 9.97 Å². The normalized spacial score (nSPS) is 22.2. The lowest BCUT2D eigenvalue weighted by molar-refractivity contribution is 0.181. The van der Waals surface area contributed by atoms with Gasteiger partial charge in [0.25, 0.3) is 0 Å².